The van der Waals surface area contributed by atoms with E-state index in [1.54, 1.807) is 0 Å². The number of hydrogen-bond acceptors (Lipinski definition) is 14. The summed E-state index contributed by atoms with van der Waals surface area (Å²) in [6, 6.07) is 0. The molecular formula is C85H144O16P2. The summed E-state index contributed by atoms with van der Waals surface area (Å²) in [5.74, 6) is -1.63. The summed E-state index contributed by atoms with van der Waals surface area (Å²) < 4.78 is 61.1. The zero-order valence-electron chi connectivity index (χ0n) is 64.4. The molecule has 0 aliphatic rings. The molecular weight excluding hydrogens is 1340 g/mol. The van der Waals surface area contributed by atoms with Gasteiger partial charge in [0.05, 0.1) is 26.4 Å². The average Bonchev–Trinajstić information content (AvgIpc) is 0.916. The van der Waals surface area contributed by atoms with E-state index in [0.29, 0.717) is 19.3 Å². The van der Waals surface area contributed by atoms with Crippen LogP contribution in [0, 0.1) is 0 Å². The minimum absolute atomic E-state index is 0.0779. The van der Waals surface area contributed by atoms with Crippen molar-refractivity contribution >= 4 is 33.6 Å². The third-order valence-corrected chi connectivity index (χ3v) is 18.4. The third-order valence-electron chi connectivity index (χ3n) is 16.5. The molecule has 0 heterocycles. The highest BCUT2D eigenvalue weighted by Crippen LogP contribution is 2.45. The molecule has 0 amide bonds. The summed E-state index contributed by atoms with van der Waals surface area (Å²) in [5, 5.41) is 20.6. The van der Waals surface area contributed by atoms with Crippen LogP contribution in [0.3, 0.4) is 0 Å². The van der Waals surface area contributed by atoms with Crippen molar-refractivity contribution in [2.24, 2.45) is 0 Å². The van der Waals surface area contributed by atoms with E-state index >= 15 is 0 Å². The number of carbonyl (C=O) groups excluding carboxylic acids is 3. The first-order valence-electron chi connectivity index (χ1n) is 40.1. The molecule has 0 aliphatic carbocycles. The highest BCUT2D eigenvalue weighted by molar-refractivity contribution is 7.47. The second-order valence-corrected chi connectivity index (χ2v) is 29.4. The Kier molecular flexibility index (Phi) is 73.6. The minimum Gasteiger partial charge on any atom is -0.463 e. The number of carbonyl (C=O) groups is 3. The van der Waals surface area contributed by atoms with Crippen molar-refractivity contribution in [1.82, 2.24) is 0 Å². The van der Waals surface area contributed by atoms with Crippen molar-refractivity contribution in [3.8, 4) is 0 Å². The van der Waals surface area contributed by atoms with Gasteiger partial charge in [-0.25, -0.2) is 9.13 Å². The molecule has 0 saturated heterocycles. The van der Waals surface area contributed by atoms with Crippen LogP contribution in [-0.4, -0.2) is 95.9 Å². The summed E-state index contributed by atoms with van der Waals surface area (Å²) in [6.07, 6.45) is 94.8. The van der Waals surface area contributed by atoms with Gasteiger partial charge in [-0.2, -0.15) is 0 Å². The molecule has 5 atom stereocenters. The van der Waals surface area contributed by atoms with Gasteiger partial charge in [0, 0.05) is 19.3 Å². The van der Waals surface area contributed by atoms with Crippen LogP contribution in [0.15, 0.2) is 146 Å². The van der Waals surface area contributed by atoms with Crippen LogP contribution in [0.1, 0.15) is 316 Å². The van der Waals surface area contributed by atoms with Crippen molar-refractivity contribution in [3.05, 3.63) is 146 Å². The Hall–Kier alpha value is -4.57. The summed E-state index contributed by atoms with van der Waals surface area (Å²) in [4.78, 5) is 58.6. The van der Waals surface area contributed by atoms with Gasteiger partial charge in [0.25, 0.3) is 0 Å². The Morgan fingerprint density at radius 3 is 0.825 bits per heavy atom. The smallest absolute Gasteiger partial charge is 0.463 e. The Morgan fingerprint density at radius 2 is 0.515 bits per heavy atom. The summed E-state index contributed by atoms with van der Waals surface area (Å²) in [7, 11) is -9.81. The molecule has 0 aromatic carbocycles. The molecule has 0 spiro atoms. The first-order valence-corrected chi connectivity index (χ1v) is 43.1. The third kappa shape index (κ3) is 78.3. The zero-order valence-corrected chi connectivity index (χ0v) is 66.2. The lowest BCUT2D eigenvalue weighted by molar-refractivity contribution is -0.161. The molecule has 0 aromatic rings. The maximum absolute atomic E-state index is 12.9. The second kappa shape index (κ2) is 77.1. The number of esters is 3. The van der Waals surface area contributed by atoms with Crippen molar-refractivity contribution < 1.29 is 75.8 Å². The molecule has 4 N–H and O–H groups in total. The summed E-state index contributed by atoms with van der Waals surface area (Å²) in [6.45, 7) is 2.38. The van der Waals surface area contributed by atoms with Crippen LogP contribution in [0.25, 0.3) is 0 Å². The molecule has 5 unspecified atom stereocenters. The van der Waals surface area contributed by atoms with Gasteiger partial charge in [-0.3, -0.25) is 32.5 Å². The predicted molar refractivity (Wildman–Crippen MR) is 426 cm³/mol. The van der Waals surface area contributed by atoms with Crippen LogP contribution in [0.4, 0.5) is 0 Å². The number of aliphatic hydroxyl groups is 2. The van der Waals surface area contributed by atoms with Gasteiger partial charge in [0.15, 0.2) is 6.10 Å². The summed E-state index contributed by atoms with van der Waals surface area (Å²) >= 11 is 0. The van der Waals surface area contributed by atoms with E-state index in [1.807, 2.05) is 0 Å². The lowest BCUT2D eigenvalue weighted by Crippen LogP contribution is -2.30. The van der Waals surface area contributed by atoms with E-state index in [1.165, 1.54) is 109 Å². The quantitative estimate of drug-likeness (QED) is 0.0146. The van der Waals surface area contributed by atoms with Gasteiger partial charge in [-0.15, -0.1) is 0 Å². The number of allylic oxidation sites excluding steroid dienone is 24. The second-order valence-electron chi connectivity index (χ2n) is 26.5. The highest BCUT2D eigenvalue weighted by atomic mass is 31.2. The number of phosphoric acid groups is 2. The summed E-state index contributed by atoms with van der Waals surface area (Å²) in [5.41, 5.74) is 0. The van der Waals surface area contributed by atoms with Crippen LogP contribution in [0.2, 0.25) is 0 Å². The number of unbranched alkanes of at least 4 members (excludes halogenated alkanes) is 28. The lowest BCUT2D eigenvalue weighted by atomic mass is 10.0. The van der Waals surface area contributed by atoms with Gasteiger partial charge in [0.2, 0.25) is 0 Å². The Balaban J connectivity index is 4.47. The number of ether oxygens (including phenoxy) is 3. The molecule has 0 bridgehead atoms. The van der Waals surface area contributed by atoms with Crippen LogP contribution in [-0.2, 0) is 55.8 Å². The molecule has 590 valence electrons. The maximum atomic E-state index is 12.9. The normalized spacial score (nSPS) is 14.7. The van der Waals surface area contributed by atoms with Crippen LogP contribution < -0.4 is 0 Å². The minimum atomic E-state index is -4.94. The fraction of sp³-hybridized carbons (Fsp3) is 0.682. The Morgan fingerprint density at radius 1 is 0.282 bits per heavy atom. The first-order chi connectivity index (χ1) is 50.2. The Labute approximate surface area is 626 Å². The van der Waals surface area contributed by atoms with Gasteiger partial charge in [-0.05, 0) is 141 Å². The van der Waals surface area contributed by atoms with Crippen molar-refractivity contribution in [2.45, 2.75) is 334 Å². The lowest BCUT2D eigenvalue weighted by Gasteiger charge is -2.21. The topological polar surface area (TPSA) is 231 Å². The largest absolute Gasteiger partial charge is 0.472 e. The first kappa shape index (κ1) is 98.4. The molecule has 0 fully saturated rings. The molecule has 0 aromatic heterocycles. The monoisotopic (exact) mass is 1480 g/mol. The van der Waals surface area contributed by atoms with Gasteiger partial charge >= 0.3 is 33.6 Å². The average molecular weight is 1480 g/mol. The Bertz CT molecular complexity index is 2450. The fourth-order valence-corrected chi connectivity index (χ4v) is 12.1. The molecule has 0 aliphatic heterocycles. The van der Waals surface area contributed by atoms with E-state index in [0.717, 1.165) is 148 Å². The van der Waals surface area contributed by atoms with E-state index in [-0.39, 0.29) is 19.3 Å². The fourth-order valence-electron chi connectivity index (χ4n) is 10.5. The number of phosphoric ester groups is 2. The van der Waals surface area contributed by atoms with Gasteiger partial charge in [-0.1, -0.05) is 301 Å². The number of hydrogen-bond donors (Lipinski definition) is 4. The van der Waals surface area contributed by atoms with E-state index < -0.39 is 91.5 Å². The predicted octanol–water partition coefficient (Wildman–Crippen LogP) is 23.7. The molecule has 0 rings (SSSR count). The molecule has 0 radical (unpaired) electrons. The standard InChI is InChI=1S/C85H144O16P2/c1-4-7-10-13-16-19-22-25-28-30-32-33-34-35-36-37-38-39-40-41-42-43-44-45-47-49-51-53-56-59-62-65-68-71-83(88)95-74-80(86)75-97-102(91,92)98-76-81(87)77-99-103(93,94)100-79-82(101-85(90)73-70-67-64-61-58-55-50-27-24-21-18-15-12-9-6-3)78-96-84(89)72-69-66-63-60-57-54-52-48-46-31-29-26-23-20-17-14-11-8-5-2/h7-8,10-11,16-21,25-29,32-33,35-36,46,48,50,54,57,80-82,86-87H,4-6,9,12-15,22-24,30-31,34,37-45,47,49,51-53,55-56,58-79H2,1-3H3,(H,91,92)(H,93,94)/b10-7-,11-8-,19-16-,20-17-,21-18-,28-25-,29-26-,33-32-,36-35-,48-46-,50-27-,57-54-. The van der Waals surface area contributed by atoms with Crippen molar-refractivity contribution in [2.75, 3.05) is 39.6 Å². The zero-order chi connectivity index (χ0) is 75.2. The highest BCUT2D eigenvalue weighted by Gasteiger charge is 2.29. The SMILES string of the molecule is CC/C=C\C/C=C\C/C=C\C/C=C\C/C=C\CCCCCCCCCCCCCCCCCCCC(=O)OCC(O)COP(=O)(O)OCC(O)COP(=O)(O)OCC(COC(=O)CCCCC/C=C\C/C=C\C/C=C\C/C=C\C/C=C\CC)OC(=O)CCCCCCC/C=C\C/C=C\CCCCC. The number of rotatable bonds is 75. The van der Waals surface area contributed by atoms with Crippen molar-refractivity contribution in [1.29, 1.82) is 0 Å². The molecule has 103 heavy (non-hydrogen) atoms. The van der Waals surface area contributed by atoms with Crippen LogP contribution in [0.5, 0.6) is 0 Å². The number of aliphatic hydroxyl groups excluding tert-OH is 2. The molecule has 18 heteroatoms. The van der Waals surface area contributed by atoms with E-state index in [9.17, 15) is 43.5 Å². The maximum Gasteiger partial charge on any atom is 0.472 e. The molecule has 0 saturated carbocycles. The van der Waals surface area contributed by atoms with Gasteiger partial charge < -0.3 is 34.2 Å². The van der Waals surface area contributed by atoms with E-state index in [4.69, 9.17) is 32.3 Å². The van der Waals surface area contributed by atoms with Crippen molar-refractivity contribution in [3.63, 3.8) is 0 Å². The van der Waals surface area contributed by atoms with Gasteiger partial charge in [0.1, 0.15) is 25.4 Å². The van der Waals surface area contributed by atoms with E-state index in [2.05, 4.69) is 167 Å². The van der Waals surface area contributed by atoms with Crippen LogP contribution >= 0.6 is 15.6 Å². The molecule has 16 nitrogen and oxygen atoms in total.